The lowest BCUT2D eigenvalue weighted by Gasteiger charge is -2.17. The van der Waals surface area contributed by atoms with Gasteiger partial charge in [0.2, 0.25) is 0 Å². The van der Waals surface area contributed by atoms with E-state index in [4.69, 9.17) is 69.3 Å². The first-order valence-electron chi connectivity index (χ1n) is 5.32. The molecule has 0 amide bonds. The maximum Gasteiger partial charge on any atom is 0.0844 e. The molecule has 0 radical (unpaired) electrons. The van der Waals surface area contributed by atoms with E-state index in [1.165, 1.54) is 12.1 Å². The molecule has 0 aliphatic carbocycles. The van der Waals surface area contributed by atoms with Gasteiger partial charge in [-0.2, -0.15) is 0 Å². The molecule has 106 valence electrons. The Hall–Kier alpha value is -1.20. The normalized spacial score (nSPS) is 10.8. The molecule has 0 aromatic heterocycles. The van der Waals surface area contributed by atoms with Gasteiger partial charge in [-0.25, -0.2) is 0 Å². The van der Waals surface area contributed by atoms with Gasteiger partial charge in [0.25, 0.3) is 0 Å². The second kappa shape index (κ2) is 5.30. The highest BCUT2D eigenvalue weighted by atomic mass is 35.5. The SMILES string of the molecule is Nc1cc(N)c(-c2c(Cl)c(Cl)c(N)c(Cl)c2Cl)c(N)c1. The van der Waals surface area contributed by atoms with Crippen LogP contribution in [0.4, 0.5) is 22.7 Å². The number of rotatable bonds is 1. The van der Waals surface area contributed by atoms with Crippen LogP contribution in [0.2, 0.25) is 20.1 Å². The summed E-state index contributed by atoms with van der Waals surface area (Å²) in [5.74, 6) is 0. The summed E-state index contributed by atoms with van der Waals surface area (Å²) >= 11 is 24.5. The van der Waals surface area contributed by atoms with Gasteiger partial charge >= 0.3 is 0 Å². The first-order valence-corrected chi connectivity index (χ1v) is 6.83. The number of nitrogen functional groups attached to an aromatic ring is 4. The summed E-state index contributed by atoms with van der Waals surface area (Å²) in [7, 11) is 0. The highest BCUT2D eigenvalue weighted by Crippen LogP contribution is 2.50. The van der Waals surface area contributed by atoms with E-state index in [0.29, 0.717) is 28.2 Å². The molecule has 8 heteroatoms. The fourth-order valence-corrected chi connectivity index (χ4v) is 2.92. The molecular weight excluding hydrogens is 342 g/mol. The van der Waals surface area contributed by atoms with Gasteiger partial charge in [0.1, 0.15) is 0 Å². The molecule has 2 aromatic rings. The molecular formula is C12H10Cl4N4. The summed E-state index contributed by atoms with van der Waals surface area (Å²) in [6, 6.07) is 3.08. The van der Waals surface area contributed by atoms with Gasteiger partial charge in [0.15, 0.2) is 0 Å². The molecule has 0 bridgehead atoms. The van der Waals surface area contributed by atoms with Crippen molar-refractivity contribution in [2.24, 2.45) is 0 Å². The molecule has 0 spiro atoms. The predicted molar refractivity (Wildman–Crippen MR) is 89.6 cm³/mol. The lowest BCUT2D eigenvalue weighted by Crippen LogP contribution is -2.01. The van der Waals surface area contributed by atoms with E-state index in [0.717, 1.165) is 0 Å². The van der Waals surface area contributed by atoms with Gasteiger partial charge in [-0.1, -0.05) is 46.4 Å². The highest BCUT2D eigenvalue weighted by Gasteiger charge is 2.23. The minimum atomic E-state index is 0.0895. The minimum Gasteiger partial charge on any atom is -0.399 e. The van der Waals surface area contributed by atoms with E-state index in [1.54, 1.807) is 0 Å². The fraction of sp³-hybridized carbons (Fsp3) is 0. The number of nitrogens with two attached hydrogens (primary N) is 4. The van der Waals surface area contributed by atoms with Crippen molar-refractivity contribution in [2.75, 3.05) is 22.9 Å². The molecule has 0 heterocycles. The Balaban J connectivity index is 2.91. The highest BCUT2D eigenvalue weighted by molar-refractivity contribution is 6.52. The minimum absolute atomic E-state index is 0.0895. The van der Waals surface area contributed by atoms with Crippen molar-refractivity contribution in [3.8, 4) is 11.1 Å². The third kappa shape index (κ3) is 2.29. The van der Waals surface area contributed by atoms with Gasteiger partial charge in [-0.3, -0.25) is 0 Å². The van der Waals surface area contributed by atoms with Gasteiger partial charge in [0.05, 0.1) is 25.8 Å². The Morgan fingerprint density at radius 2 is 1.00 bits per heavy atom. The fourth-order valence-electron chi connectivity index (χ4n) is 1.87. The Morgan fingerprint density at radius 1 is 0.600 bits per heavy atom. The van der Waals surface area contributed by atoms with E-state index in [-0.39, 0.29) is 25.8 Å². The topological polar surface area (TPSA) is 104 Å². The van der Waals surface area contributed by atoms with Crippen molar-refractivity contribution in [3.05, 3.63) is 32.2 Å². The molecule has 2 aromatic carbocycles. The maximum absolute atomic E-state index is 6.20. The lowest BCUT2D eigenvalue weighted by molar-refractivity contribution is 1.59. The molecule has 8 N–H and O–H groups in total. The summed E-state index contributed by atoms with van der Waals surface area (Å²) in [6.45, 7) is 0. The number of halogens is 4. The van der Waals surface area contributed by atoms with E-state index < -0.39 is 0 Å². The van der Waals surface area contributed by atoms with Crippen LogP contribution in [0, 0.1) is 0 Å². The molecule has 0 saturated carbocycles. The summed E-state index contributed by atoms with van der Waals surface area (Å²) in [5.41, 5.74) is 25.1. The average Bonchev–Trinajstić information content (AvgIpc) is 2.37. The molecule has 0 saturated heterocycles. The first kappa shape index (κ1) is 15.2. The Morgan fingerprint density at radius 3 is 1.40 bits per heavy atom. The van der Waals surface area contributed by atoms with Crippen LogP contribution in [-0.2, 0) is 0 Å². The lowest BCUT2D eigenvalue weighted by atomic mass is 10.0. The standard InChI is InChI=1S/C12H10Cl4N4/c13-8-7(9(14)11(16)12(20)10(8)15)6-4(18)1-3(17)2-5(6)19/h1-2H,17-20H2. The number of benzene rings is 2. The van der Waals surface area contributed by atoms with Crippen molar-refractivity contribution < 1.29 is 0 Å². The second-order valence-corrected chi connectivity index (χ2v) is 5.63. The molecule has 2 rings (SSSR count). The monoisotopic (exact) mass is 350 g/mol. The summed E-state index contributed by atoms with van der Waals surface area (Å²) < 4.78 is 0. The van der Waals surface area contributed by atoms with Crippen molar-refractivity contribution in [2.45, 2.75) is 0 Å². The zero-order valence-electron chi connectivity index (χ0n) is 9.98. The molecule has 20 heavy (non-hydrogen) atoms. The average molecular weight is 352 g/mol. The van der Waals surface area contributed by atoms with Crippen LogP contribution in [0.5, 0.6) is 0 Å². The molecule has 0 atom stereocenters. The summed E-state index contributed by atoms with van der Waals surface area (Å²) in [5, 5.41) is 0.432. The van der Waals surface area contributed by atoms with Gasteiger partial charge in [0, 0.05) is 28.2 Å². The largest absolute Gasteiger partial charge is 0.399 e. The van der Waals surface area contributed by atoms with E-state index in [2.05, 4.69) is 0 Å². The van der Waals surface area contributed by atoms with Crippen LogP contribution < -0.4 is 22.9 Å². The van der Waals surface area contributed by atoms with Crippen molar-refractivity contribution in [1.82, 2.24) is 0 Å². The van der Waals surface area contributed by atoms with Gasteiger partial charge in [-0.05, 0) is 12.1 Å². The summed E-state index contributed by atoms with van der Waals surface area (Å²) in [4.78, 5) is 0. The van der Waals surface area contributed by atoms with Crippen LogP contribution in [0.1, 0.15) is 0 Å². The van der Waals surface area contributed by atoms with Crippen LogP contribution in [0.3, 0.4) is 0 Å². The maximum atomic E-state index is 6.20. The zero-order valence-corrected chi connectivity index (χ0v) is 13.0. The Labute approximate surface area is 135 Å². The van der Waals surface area contributed by atoms with Crippen molar-refractivity contribution in [1.29, 1.82) is 0 Å². The van der Waals surface area contributed by atoms with E-state index >= 15 is 0 Å². The van der Waals surface area contributed by atoms with E-state index in [1.807, 2.05) is 0 Å². The molecule has 4 nitrogen and oxygen atoms in total. The van der Waals surface area contributed by atoms with Crippen LogP contribution in [0.15, 0.2) is 12.1 Å². The third-order valence-corrected chi connectivity index (χ3v) is 4.50. The Kier molecular flexibility index (Phi) is 4.02. The van der Waals surface area contributed by atoms with Crippen LogP contribution in [-0.4, -0.2) is 0 Å². The van der Waals surface area contributed by atoms with Gasteiger partial charge in [-0.15, -0.1) is 0 Å². The molecule has 0 aliphatic heterocycles. The first-order chi connectivity index (χ1) is 9.25. The Bertz CT molecular complexity index is 663. The van der Waals surface area contributed by atoms with Gasteiger partial charge < -0.3 is 22.9 Å². The number of hydrogen-bond acceptors (Lipinski definition) is 4. The quantitative estimate of drug-likeness (QED) is 0.454. The van der Waals surface area contributed by atoms with Crippen LogP contribution in [0.25, 0.3) is 11.1 Å². The predicted octanol–water partition coefficient (Wildman–Crippen LogP) is 4.30. The van der Waals surface area contributed by atoms with Crippen molar-refractivity contribution in [3.63, 3.8) is 0 Å². The molecule has 0 unspecified atom stereocenters. The second-order valence-electron chi connectivity index (χ2n) is 4.12. The van der Waals surface area contributed by atoms with E-state index in [9.17, 15) is 0 Å². The smallest absolute Gasteiger partial charge is 0.0844 e. The summed E-state index contributed by atoms with van der Waals surface area (Å²) in [6.07, 6.45) is 0. The zero-order chi connectivity index (χ0) is 15.2. The molecule has 0 fully saturated rings. The number of anilines is 4. The molecule has 0 aliphatic rings. The third-order valence-electron chi connectivity index (χ3n) is 2.77. The van der Waals surface area contributed by atoms with Crippen LogP contribution >= 0.6 is 46.4 Å². The van der Waals surface area contributed by atoms with Crippen molar-refractivity contribution >= 4 is 69.2 Å². The number of hydrogen-bond donors (Lipinski definition) is 4.